The number of aromatic hydroxyl groups is 1. The third-order valence-electron chi connectivity index (χ3n) is 3.38. The Bertz CT molecular complexity index is 606. The minimum atomic E-state index is -4.57. The Balaban J connectivity index is 3.99. The molecule has 0 radical (unpaired) electrons. The van der Waals surface area contributed by atoms with E-state index in [4.69, 9.17) is 9.47 Å². The molecule has 0 bridgehead atoms. The van der Waals surface area contributed by atoms with Crippen molar-refractivity contribution < 1.29 is 27.6 Å². The van der Waals surface area contributed by atoms with E-state index in [9.17, 15) is 18.1 Å². The Labute approximate surface area is 119 Å². The summed E-state index contributed by atoms with van der Waals surface area (Å²) in [5, 5.41) is 10.1. The van der Waals surface area contributed by atoms with Gasteiger partial charge in [-0.15, -0.1) is 0 Å². The van der Waals surface area contributed by atoms with Crippen molar-refractivity contribution >= 4 is 10.1 Å². The van der Waals surface area contributed by atoms with Crippen LogP contribution in [0.5, 0.6) is 17.2 Å². The van der Waals surface area contributed by atoms with E-state index in [1.807, 2.05) is 13.8 Å². The van der Waals surface area contributed by atoms with Crippen molar-refractivity contribution in [3.05, 3.63) is 11.1 Å². The summed E-state index contributed by atoms with van der Waals surface area (Å²) in [6.45, 7) is 5.28. The number of ether oxygens (including phenoxy) is 2. The second-order valence-corrected chi connectivity index (χ2v) is 5.93. The maximum atomic E-state index is 11.7. The second kappa shape index (κ2) is 5.88. The van der Waals surface area contributed by atoms with E-state index in [-0.39, 0.29) is 23.2 Å². The predicted octanol–water partition coefficient (Wildman–Crippen LogP) is 2.48. The fraction of sp³-hybridized carbons (Fsp3) is 0.538. The number of hydrogen-bond acceptors (Lipinski definition) is 5. The standard InChI is InChI=1S/C13H20O6S/c1-6-7(2)9-11(18-4)8(3)10(14)12(19-5)13(9)20(15,16)17/h7,14H,6H2,1-5H3,(H,15,16,17). The van der Waals surface area contributed by atoms with E-state index >= 15 is 0 Å². The third-order valence-corrected chi connectivity index (χ3v) is 4.30. The number of benzene rings is 1. The first-order chi connectivity index (χ1) is 9.20. The summed E-state index contributed by atoms with van der Waals surface area (Å²) in [6.07, 6.45) is 0.631. The van der Waals surface area contributed by atoms with Gasteiger partial charge < -0.3 is 14.6 Å². The van der Waals surface area contributed by atoms with E-state index in [1.165, 1.54) is 14.2 Å². The zero-order valence-electron chi connectivity index (χ0n) is 12.2. The summed E-state index contributed by atoms with van der Waals surface area (Å²) >= 11 is 0. The molecule has 1 atom stereocenters. The van der Waals surface area contributed by atoms with Crippen molar-refractivity contribution in [1.82, 2.24) is 0 Å². The summed E-state index contributed by atoms with van der Waals surface area (Å²) in [7, 11) is -1.95. The van der Waals surface area contributed by atoms with Crippen molar-refractivity contribution in [3.8, 4) is 17.2 Å². The fourth-order valence-corrected chi connectivity index (χ4v) is 3.16. The lowest BCUT2D eigenvalue weighted by Gasteiger charge is -2.22. The van der Waals surface area contributed by atoms with Crippen LogP contribution >= 0.6 is 0 Å². The van der Waals surface area contributed by atoms with Gasteiger partial charge in [-0.05, 0) is 19.3 Å². The molecule has 0 aliphatic carbocycles. The predicted molar refractivity (Wildman–Crippen MR) is 74.5 cm³/mol. The lowest BCUT2D eigenvalue weighted by atomic mass is 9.94. The van der Waals surface area contributed by atoms with Crippen molar-refractivity contribution in [2.45, 2.75) is 38.0 Å². The molecule has 0 heterocycles. The molecule has 0 aliphatic rings. The molecule has 7 heteroatoms. The molecule has 1 aromatic rings. The van der Waals surface area contributed by atoms with Gasteiger partial charge in [0.15, 0.2) is 11.5 Å². The van der Waals surface area contributed by atoms with Gasteiger partial charge >= 0.3 is 0 Å². The largest absolute Gasteiger partial charge is 0.504 e. The Kier molecular flexibility index (Phi) is 4.88. The molecule has 0 aromatic heterocycles. The maximum absolute atomic E-state index is 11.7. The minimum Gasteiger partial charge on any atom is -0.504 e. The van der Waals surface area contributed by atoms with Gasteiger partial charge in [-0.2, -0.15) is 8.42 Å². The molecule has 0 saturated heterocycles. The van der Waals surface area contributed by atoms with Crippen LogP contribution in [0.4, 0.5) is 0 Å². The Morgan fingerprint density at radius 1 is 1.20 bits per heavy atom. The van der Waals surface area contributed by atoms with Crippen LogP contribution in [0.15, 0.2) is 4.90 Å². The van der Waals surface area contributed by atoms with E-state index < -0.39 is 15.0 Å². The molecular weight excluding hydrogens is 284 g/mol. The highest BCUT2D eigenvalue weighted by atomic mass is 32.2. The number of phenols is 1. The summed E-state index contributed by atoms with van der Waals surface area (Å²) in [6, 6.07) is 0. The molecule has 0 aliphatic heterocycles. The van der Waals surface area contributed by atoms with Crippen LogP contribution in [0.2, 0.25) is 0 Å². The Morgan fingerprint density at radius 2 is 1.70 bits per heavy atom. The SMILES string of the molecule is CCC(C)c1c(OC)c(C)c(O)c(OC)c1S(=O)(=O)O. The molecule has 2 N–H and O–H groups in total. The summed E-state index contributed by atoms with van der Waals surface area (Å²) < 4.78 is 43.1. The molecule has 0 saturated carbocycles. The van der Waals surface area contributed by atoms with Crippen LogP contribution in [0, 0.1) is 6.92 Å². The zero-order valence-corrected chi connectivity index (χ0v) is 13.0. The summed E-state index contributed by atoms with van der Waals surface area (Å²) in [5.41, 5.74) is 0.678. The summed E-state index contributed by atoms with van der Waals surface area (Å²) in [4.78, 5) is -0.436. The first-order valence-corrected chi connectivity index (χ1v) is 7.59. The van der Waals surface area contributed by atoms with Gasteiger partial charge in [-0.1, -0.05) is 13.8 Å². The third kappa shape index (κ3) is 2.69. The van der Waals surface area contributed by atoms with Gasteiger partial charge in [0, 0.05) is 11.1 Å². The van der Waals surface area contributed by atoms with Crippen molar-refractivity contribution in [2.75, 3.05) is 14.2 Å². The van der Waals surface area contributed by atoms with Gasteiger partial charge in [0.25, 0.3) is 10.1 Å². The summed E-state index contributed by atoms with van der Waals surface area (Å²) in [5.74, 6) is -0.578. The van der Waals surface area contributed by atoms with Crippen molar-refractivity contribution in [3.63, 3.8) is 0 Å². The van der Waals surface area contributed by atoms with E-state index in [0.29, 0.717) is 17.5 Å². The molecule has 0 fully saturated rings. The van der Waals surface area contributed by atoms with Crippen LogP contribution in [0.25, 0.3) is 0 Å². The molecule has 0 amide bonds. The lowest BCUT2D eigenvalue weighted by molar-refractivity contribution is 0.343. The van der Waals surface area contributed by atoms with E-state index in [0.717, 1.165) is 0 Å². The average molecular weight is 304 g/mol. The van der Waals surface area contributed by atoms with Gasteiger partial charge in [-0.3, -0.25) is 4.55 Å². The molecule has 114 valence electrons. The van der Waals surface area contributed by atoms with E-state index in [1.54, 1.807) is 6.92 Å². The highest BCUT2D eigenvalue weighted by molar-refractivity contribution is 7.86. The molecule has 20 heavy (non-hydrogen) atoms. The van der Waals surface area contributed by atoms with Gasteiger partial charge in [-0.25, -0.2) is 0 Å². The van der Waals surface area contributed by atoms with Crippen molar-refractivity contribution in [2.24, 2.45) is 0 Å². The average Bonchev–Trinajstić information content (AvgIpc) is 2.38. The van der Waals surface area contributed by atoms with Crippen molar-refractivity contribution in [1.29, 1.82) is 0 Å². The topological polar surface area (TPSA) is 93.1 Å². The first kappa shape index (κ1) is 16.6. The van der Waals surface area contributed by atoms with Crippen LogP contribution in [-0.2, 0) is 10.1 Å². The Morgan fingerprint density at radius 3 is 2.05 bits per heavy atom. The number of rotatable bonds is 5. The van der Waals surface area contributed by atoms with Gasteiger partial charge in [0.2, 0.25) is 0 Å². The number of methoxy groups -OCH3 is 2. The maximum Gasteiger partial charge on any atom is 0.298 e. The molecule has 6 nitrogen and oxygen atoms in total. The van der Waals surface area contributed by atoms with Gasteiger partial charge in [0.05, 0.1) is 14.2 Å². The van der Waals surface area contributed by atoms with Gasteiger partial charge in [0.1, 0.15) is 10.6 Å². The molecule has 1 rings (SSSR count). The molecule has 0 spiro atoms. The zero-order chi connectivity index (χ0) is 15.7. The van der Waals surface area contributed by atoms with Crippen LogP contribution < -0.4 is 9.47 Å². The smallest absolute Gasteiger partial charge is 0.298 e. The monoisotopic (exact) mass is 304 g/mol. The lowest BCUT2D eigenvalue weighted by Crippen LogP contribution is -2.11. The molecule has 1 unspecified atom stereocenters. The second-order valence-electron chi connectivity index (χ2n) is 4.57. The van der Waals surface area contributed by atoms with Crippen LogP contribution in [-0.4, -0.2) is 32.3 Å². The number of hydrogen-bond donors (Lipinski definition) is 2. The van der Waals surface area contributed by atoms with Crippen LogP contribution in [0.1, 0.15) is 37.3 Å². The molecular formula is C13H20O6S. The minimum absolute atomic E-state index is 0.199. The highest BCUT2D eigenvalue weighted by Gasteiger charge is 2.32. The Hall–Kier alpha value is -1.47. The quantitative estimate of drug-likeness (QED) is 0.812. The molecule has 1 aromatic carbocycles. The van der Waals surface area contributed by atoms with E-state index in [2.05, 4.69) is 0 Å². The number of phenolic OH excluding ortho intramolecular Hbond substituents is 1. The highest BCUT2D eigenvalue weighted by Crippen LogP contribution is 2.48. The van der Waals surface area contributed by atoms with Crippen LogP contribution in [0.3, 0.4) is 0 Å². The normalized spacial score (nSPS) is 13.1. The first-order valence-electron chi connectivity index (χ1n) is 6.15. The fourth-order valence-electron chi connectivity index (χ4n) is 2.17.